The zero-order valence-corrected chi connectivity index (χ0v) is 11.5. The van der Waals surface area contributed by atoms with Gasteiger partial charge in [0.2, 0.25) is 0 Å². The normalized spacial score (nSPS) is 12.4. The van der Waals surface area contributed by atoms with Crippen molar-refractivity contribution in [3.63, 3.8) is 0 Å². The van der Waals surface area contributed by atoms with E-state index in [1.807, 2.05) is 35.0 Å². The summed E-state index contributed by atoms with van der Waals surface area (Å²) in [5, 5.41) is 18.6. The van der Waals surface area contributed by atoms with Gasteiger partial charge < -0.3 is 20.5 Å². The molecule has 0 bridgehead atoms. The Hall–Kier alpha value is -2.34. The van der Waals surface area contributed by atoms with Crippen molar-refractivity contribution in [1.29, 1.82) is 0 Å². The van der Waals surface area contributed by atoms with E-state index in [2.05, 4.69) is 0 Å². The highest BCUT2D eigenvalue weighted by molar-refractivity contribution is 5.85. The van der Waals surface area contributed by atoms with Crippen LogP contribution in [0.3, 0.4) is 0 Å². The fraction of sp³-hybridized carbons (Fsp3) is 0.333. The van der Waals surface area contributed by atoms with Crippen molar-refractivity contribution in [2.45, 2.75) is 31.8 Å². The molecule has 1 aromatic carbocycles. The summed E-state index contributed by atoms with van der Waals surface area (Å²) < 4.78 is 1.96. The lowest BCUT2D eigenvalue weighted by Crippen LogP contribution is -2.32. The van der Waals surface area contributed by atoms with Crippen molar-refractivity contribution in [3.05, 3.63) is 36.0 Å². The first-order chi connectivity index (χ1) is 9.99. The quantitative estimate of drug-likeness (QED) is 0.716. The summed E-state index contributed by atoms with van der Waals surface area (Å²) in [4.78, 5) is 21.5. The van der Waals surface area contributed by atoms with Crippen LogP contribution in [0.5, 0.6) is 0 Å². The smallest absolute Gasteiger partial charge is 0.320 e. The standard InChI is InChI=1S/C15H18N2O4/c16-12(15(20)21)8-10-9-17(7-3-6-14(18)19)13-5-2-1-4-11(10)13/h1-2,4-5,9,12H,3,6-8,16H2,(H,18,19)(H,20,21)/t12-/m0/s1. The van der Waals surface area contributed by atoms with Gasteiger partial charge in [0.1, 0.15) is 6.04 Å². The predicted molar refractivity (Wildman–Crippen MR) is 78.1 cm³/mol. The number of fused-ring (bicyclic) bond motifs is 1. The van der Waals surface area contributed by atoms with Crippen LogP contribution < -0.4 is 5.73 Å². The van der Waals surface area contributed by atoms with Gasteiger partial charge in [0.05, 0.1) is 0 Å². The third kappa shape index (κ3) is 3.61. The van der Waals surface area contributed by atoms with Gasteiger partial charge in [0, 0.05) is 36.5 Å². The van der Waals surface area contributed by atoms with Crippen LogP contribution in [0.15, 0.2) is 30.5 Å². The summed E-state index contributed by atoms with van der Waals surface area (Å²) in [6, 6.07) is 6.71. The molecule has 2 rings (SSSR count). The molecule has 0 radical (unpaired) electrons. The van der Waals surface area contributed by atoms with E-state index in [4.69, 9.17) is 15.9 Å². The van der Waals surface area contributed by atoms with Crippen LogP contribution in [0.1, 0.15) is 18.4 Å². The Kier molecular flexibility index (Phi) is 4.59. The molecule has 2 aromatic rings. The number of aromatic nitrogens is 1. The Bertz CT molecular complexity index is 663. The third-order valence-corrected chi connectivity index (χ3v) is 3.42. The molecule has 0 spiro atoms. The minimum Gasteiger partial charge on any atom is -0.481 e. The molecular formula is C15H18N2O4. The van der Waals surface area contributed by atoms with Crippen LogP contribution in [0.4, 0.5) is 0 Å². The van der Waals surface area contributed by atoms with Crippen molar-refractivity contribution in [1.82, 2.24) is 4.57 Å². The summed E-state index contributed by atoms with van der Waals surface area (Å²) in [7, 11) is 0. The monoisotopic (exact) mass is 290 g/mol. The van der Waals surface area contributed by atoms with Gasteiger partial charge in [-0.05, 0) is 18.1 Å². The summed E-state index contributed by atoms with van der Waals surface area (Å²) in [5.41, 5.74) is 7.44. The highest BCUT2D eigenvalue weighted by Crippen LogP contribution is 2.23. The maximum atomic E-state index is 10.9. The minimum atomic E-state index is -1.03. The van der Waals surface area contributed by atoms with Gasteiger partial charge in [-0.1, -0.05) is 18.2 Å². The molecule has 21 heavy (non-hydrogen) atoms. The van der Waals surface area contributed by atoms with E-state index in [1.54, 1.807) is 0 Å². The fourth-order valence-corrected chi connectivity index (χ4v) is 2.40. The molecule has 6 nitrogen and oxygen atoms in total. The van der Waals surface area contributed by atoms with E-state index >= 15 is 0 Å². The molecule has 0 aliphatic heterocycles. The number of nitrogens with zero attached hydrogens (tertiary/aromatic N) is 1. The lowest BCUT2D eigenvalue weighted by molar-refractivity contribution is -0.139. The molecule has 1 heterocycles. The molecule has 0 saturated heterocycles. The number of carboxylic acids is 2. The third-order valence-electron chi connectivity index (χ3n) is 3.42. The van der Waals surface area contributed by atoms with Crippen LogP contribution >= 0.6 is 0 Å². The maximum absolute atomic E-state index is 10.9. The minimum absolute atomic E-state index is 0.108. The maximum Gasteiger partial charge on any atom is 0.320 e. The number of aliphatic carboxylic acids is 2. The van der Waals surface area contributed by atoms with Crippen molar-refractivity contribution >= 4 is 22.8 Å². The molecule has 0 fully saturated rings. The topological polar surface area (TPSA) is 106 Å². The molecule has 0 aliphatic carbocycles. The largest absolute Gasteiger partial charge is 0.481 e. The second kappa shape index (κ2) is 6.41. The zero-order chi connectivity index (χ0) is 15.4. The Balaban J connectivity index is 2.25. The van der Waals surface area contributed by atoms with Crippen LogP contribution in [0, 0.1) is 0 Å². The lowest BCUT2D eigenvalue weighted by Gasteiger charge is -2.04. The van der Waals surface area contributed by atoms with Gasteiger partial charge in [-0.25, -0.2) is 0 Å². The number of hydrogen-bond donors (Lipinski definition) is 3. The van der Waals surface area contributed by atoms with E-state index in [1.165, 1.54) is 0 Å². The van der Waals surface area contributed by atoms with Crippen molar-refractivity contribution in [3.8, 4) is 0 Å². The summed E-state index contributed by atoms with van der Waals surface area (Å²) in [5.74, 6) is -1.85. The average molecular weight is 290 g/mol. The predicted octanol–water partition coefficient (Wildman–Crippen LogP) is 1.46. The first-order valence-electron chi connectivity index (χ1n) is 6.76. The fourth-order valence-electron chi connectivity index (χ4n) is 2.40. The Morgan fingerprint density at radius 3 is 2.62 bits per heavy atom. The lowest BCUT2D eigenvalue weighted by atomic mass is 10.1. The molecule has 0 saturated carbocycles. The van der Waals surface area contributed by atoms with Gasteiger partial charge in [0.25, 0.3) is 0 Å². The van der Waals surface area contributed by atoms with E-state index in [0.717, 1.165) is 16.5 Å². The highest BCUT2D eigenvalue weighted by atomic mass is 16.4. The van der Waals surface area contributed by atoms with E-state index in [-0.39, 0.29) is 12.8 Å². The molecular weight excluding hydrogens is 272 g/mol. The molecule has 4 N–H and O–H groups in total. The van der Waals surface area contributed by atoms with Gasteiger partial charge in [-0.2, -0.15) is 0 Å². The second-order valence-corrected chi connectivity index (χ2v) is 5.01. The van der Waals surface area contributed by atoms with Crippen LogP contribution in [0.2, 0.25) is 0 Å². The Morgan fingerprint density at radius 1 is 1.24 bits per heavy atom. The van der Waals surface area contributed by atoms with Crippen LogP contribution in [-0.4, -0.2) is 32.8 Å². The molecule has 1 aromatic heterocycles. The second-order valence-electron chi connectivity index (χ2n) is 5.01. The molecule has 0 unspecified atom stereocenters. The van der Waals surface area contributed by atoms with E-state index in [9.17, 15) is 9.59 Å². The Labute approximate surface area is 121 Å². The Morgan fingerprint density at radius 2 is 1.95 bits per heavy atom. The van der Waals surface area contributed by atoms with Gasteiger partial charge in [0.15, 0.2) is 0 Å². The highest BCUT2D eigenvalue weighted by Gasteiger charge is 2.16. The number of para-hydroxylation sites is 1. The van der Waals surface area contributed by atoms with Crippen molar-refractivity contribution in [2.75, 3.05) is 0 Å². The first-order valence-corrected chi connectivity index (χ1v) is 6.76. The van der Waals surface area contributed by atoms with Gasteiger partial charge in [-0.3, -0.25) is 9.59 Å². The molecule has 6 heteroatoms. The number of nitrogens with two attached hydrogens (primary N) is 1. The molecule has 112 valence electrons. The van der Waals surface area contributed by atoms with Gasteiger partial charge >= 0.3 is 11.9 Å². The number of benzene rings is 1. The van der Waals surface area contributed by atoms with Gasteiger partial charge in [-0.15, -0.1) is 0 Å². The molecule has 1 atom stereocenters. The number of rotatable bonds is 7. The first kappa shape index (κ1) is 15.1. The number of aryl methyl sites for hydroxylation is 1. The summed E-state index contributed by atoms with van der Waals surface area (Å²) in [6.07, 6.45) is 2.76. The van der Waals surface area contributed by atoms with Crippen molar-refractivity contribution < 1.29 is 19.8 Å². The average Bonchev–Trinajstić information content (AvgIpc) is 2.77. The van der Waals surface area contributed by atoms with E-state index < -0.39 is 18.0 Å². The van der Waals surface area contributed by atoms with Crippen LogP contribution in [0.25, 0.3) is 10.9 Å². The zero-order valence-electron chi connectivity index (χ0n) is 11.5. The number of carboxylic acid groups (broad SMARTS) is 2. The van der Waals surface area contributed by atoms with E-state index in [0.29, 0.717) is 13.0 Å². The molecule has 0 aliphatic rings. The van der Waals surface area contributed by atoms with Crippen LogP contribution in [-0.2, 0) is 22.6 Å². The van der Waals surface area contributed by atoms with Crippen molar-refractivity contribution in [2.24, 2.45) is 5.73 Å². The SMILES string of the molecule is N[C@@H](Cc1cn(CCCC(=O)O)c2ccccc12)C(=O)O. The number of hydrogen-bond acceptors (Lipinski definition) is 3. The summed E-state index contributed by atoms with van der Waals surface area (Å²) in [6.45, 7) is 0.578. The molecule has 0 amide bonds. The summed E-state index contributed by atoms with van der Waals surface area (Å²) >= 11 is 0. The number of carbonyl (C=O) groups is 2.